The summed E-state index contributed by atoms with van der Waals surface area (Å²) in [6.45, 7) is 0. The van der Waals surface area contributed by atoms with Crippen LogP contribution in [0.25, 0.3) is 20.9 Å². The van der Waals surface area contributed by atoms with Crippen LogP contribution in [-0.4, -0.2) is 10.8 Å². The van der Waals surface area contributed by atoms with E-state index in [0.717, 1.165) is 15.5 Å². The fourth-order valence-electron chi connectivity index (χ4n) is 3.76. The molecule has 2 N–H and O–H groups in total. The van der Waals surface area contributed by atoms with Crippen molar-refractivity contribution in [2.24, 2.45) is 0 Å². The molecule has 0 aliphatic rings. The van der Waals surface area contributed by atoms with Gasteiger partial charge in [0.1, 0.15) is 0 Å². The van der Waals surface area contributed by atoms with E-state index in [0.29, 0.717) is 21.7 Å². The number of fused-ring (bicyclic) bond motifs is 2. The highest BCUT2D eigenvalue weighted by atomic mass is 35.5. The van der Waals surface area contributed by atoms with Crippen LogP contribution in [0.4, 0.5) is 5.69 Å². The Labute approximate surface area is 205 Å². The standard InChI is InChI=1S/C26H19ClNO4PS/c27-19-11-13-24-22(15-19)23(16-34-24)25(32-33(30,31)21-8-2-1-3-9-21)26(29)28-20-12-10-17-6-4-5-7-18(17)14-20/h1-16,25H,(H,28,29)(H,30,31). The Morgan fingerprint density at radius 2 is 1.68 bits per heavy atom. The molecule has 34 heavy (non-hydrogen) atoms. The molecule has 5 nitrogen and oxygen atoms in total. The van der Waals surface area contributed by atoms with Gasteiger partial charge in [0.2, 0.25) is 0 Å². The molecule has 5 aromatic rings. The van der Waals surface area contributed by atoms with Crippen LogP contribution < -0.4 is 10.6 Å². The summed E-state index contributed by atoms with van der Waals surface area (Å²) in [6.07, 6.45) is -1.34. The maximum absolute atomic E-state index is 13.5. The smallest absolute Gasteiger partial charge is 0.323 e. The highest BCUT2D eigenvalue weighted by Crippen LogP contribution is 2.48. The van der Waals surface area contributed by atoms with Crippen LogP contribution in [0.15, 0.2) is 96.4 Å². The van der Waals surface area contributed by atoms with Crippen molar-refractivity contribution in [3.8, 4) is 0 Å². The number of thiophene rings is 1. The van der Waals surface area contributed by atoms with E-state index in [1.807, 2.05) is 42.5 Å². The van der Waals surface area contributed by atoms with Gasteiger partial charge in [-0.2, -0.15) is 0 Å². The first-order chi connectivity index (χ1) is 16.4. The molecule has 1 aromatic heterocycles. The number of rotatable bonds is 6. The Morgan fingerprint density at radius 3 is 2.47 bits per heavy atom. The lowest BCUT2D eigenvalue weighted by molar-refractivity contribution is -0.123. The van der Waals surface area contributed by atoms with Crippen LogP contribution in [0.2, 0.25) is 5.02 Å². The first-order valence-electron chi connectivity index (χ1n) is 10.4. The summed E-state index contributed by atoms with van der Waals surface area (Å²) in [5.74, 6) is -0.555. The first kappa shape index (κ1) is 22.8. The molecular formula is C26H19ClNO4PS. The third-order valence-electron chi connectivity index (χ3n) is 5.43. The van der Waals surface area contributed by atoms with Crippen molar-refractivity contribution in [2.75, 3.05) is 5.32 Å². The van der Waals surface area contributed by atoms with Crippen molar-refractivity contribution in [1.29, 1.82) is 0 Å². The van der Waals surface area contributed by atoms with Gasteiger partial charge in [0.05, 0.1) is 5.30 Å². The number of hydrogen-bond donors (Lipinski definition) is 2. The molecule has 4 aromatic carbocycles. The largest absolute Gasteiger partial charge is 0.359 e. The number of carbonyl (C=O) groups is 1. The van der Waals surface area contributed by atoms with Crippen LogP contribution in [0.5, 0.6) is 0 Å². The molecular weight excluding hydrogens is 489 g/mol. The van der Waals surface area contributed by atoms with Gasteiger partial charge in [0.25, 0.3) is 5.91 Å². The molecule has 0 spiro atoms. The Bertz CT molecular complexity index is 1550. The van der Waals surface area contributed by atoms with Crippen LogP contribution >= 0.6 is 30.5 Å². The maximum atomic E-state index is 13.5. The second-order valence-corrected chi connectivity index (χ2v) is 10.8. The van der Waals surface area contributed by atoms with E-state index >= 15 is 0 Å². The fourth-order valence-corrected chi connectivity index (χ4v) is 6.06. The Hall–Kier alpha value is -2.99. The summed E-state index contributed by atoms with van der Waals surface area (Å²) in [5, 5.41) is 7.91. The second kappa shape index (κ2) is 9.34. The number of halogens is 1. The number of anilines is 1. The van der Waals surface area contributed by atoms with Gasteiger partial charge in [-0.15, -0.1) is 11.3 Å². The van der Waals surface area contributed by atoms with E-state index in [1.165, 1.54) is 23.5 Å². The summed E-state index contributed by atoms with van der Waals surface area (Å²) in [4.78, 5) is 24.3. The van der Waals surface area contributed by atoms with Gasteiger partial charge < -0.3 is 10.2 Å². The molecule has 8 heteroatoms. The van der Waals surface area contributed by atoms with Gasteiger partial charge in [-0.25, -0.2) is 0 Å². The van der Waals surface area contributed by atoms with E-state index in [1.54, 1.807) is 41.8 Å². The van der Waals surface area contributed by atoms with Crippen molar-refractivity contribution in [3.05, 3.63) is 107 Å². The lowest BCUT2D eigenvalue weighted by Crippen LogP contribution is -2.24. The maximum Gasteiger partial charge on any atom is 0.359 e. The van der Waals surface area contributed by atoms with Gasteiger partial charge in [-0.1, -0.05) is 60.1 Å². The van der Waals surface area contributed by atoms with Crippen molar-refractivity contribution in [3.63, 3.8) is 0 Å². The van der Waals surface area contributed by atoms with Crippen LogP contribution in [0.3, 0.4) is 0 Å². The normalized spacial score (nSPS) is 14.1. The lowest BCUT2D eigenvalue weighted by atomic mass is 10.1. The van der Waals surface area contributed by atoms with Gasteiger partial charge in [-0.3, -0.25) is 13.9 Å². The molecule has 2 atom stereocenters. The van der Waals surface area contributed by atoms with Crippen molar-refractivity contribution in [1.82, 2.24) is 0 Å². The third kappa shape index (κ3) is 4.64. The van der Waals surface area contributed by atoms with Crippen molar-refractivity contribution >= 4 is 68.3 Å². The predicted octanol–water partition coefficient (Wildman–Crippen LogP) is 6.92. The molecule has 0 aliphatic heterocycles. The van der Waals surface area contributed by atoms with Gasteiger partial charge in [-0.05, 0) is 58.6 Å². The number of nitrogens with one attached hydrogen (secondary N) is 1. The molecule has 0 radical (unpaired) electrons. The summed E-state index contributed by atoms with van der Waals surface area (Å²) < 4.78 is 19.8. The van der Waals surface area contributed by atoms with Crippen molar-refractivity contribution in [2.45, 2.75) is 6.10 Å². The molecule has 0 aliphatic carbocycles. The van der Waals surface area contributed by atoms with E-state index in [2.05, 4.69) is 5.32 Å². The van der Waals surface area contributed by atoms with Crippen LogP contribution in [0.1, 0.15) is 11.7 Å². The van der Waals surface area contributed by atoms with Crippen molar-refractivity contribution < 1.29 is 18.8 Å². The monoisotopic (exact) mass is 507 g/mol. The molecule has 0 saturated carbocycles. The Kier molecular flexibility index (Phi) is 6.26. The van der Waals surface area contributed by atoms with E-state index in [-0.39, 0.29) is 5.30 Å². The molecule has 1 amide bonds. The molecule has 0 bridgehead atoms. The van der Waals surface area contributed by atoms with Gasteiger partial charge in [0.15, 0.2) is 6.10 Å². The highest BCUT2D eigenvalue weighted by Gasteiger charge is 2.34. The second-order valence-electron chi connectivity index (χ2n) is 7.72. The molecule has 0 fully saturated rings. The molecule has 170 valence electrons. The fraction of sp³-hybridized carbons (Fsp3) is 0.0385. The van der Waals surface area contributed by atoms with Crippen LogP contribution in [0, 0.1) is 0 Å². The number of amides is 1. The predicted molar refractivity (Wildman–Crippen MR) is 139 cm³/mol. The summed E-state index contributed by atoms with van der Waals surface area (Å²) in [7, 11) is -4.32. The van der Waals surface area contributed by atoms with E-state index < -0.39 is 19.6 Å². The lowest BCUT2D eigenvalue weighted by Gasteiger charge is -2.21. The zero-order valence-electron chi connectivity index (χ0n) is 17.7. The summed E-state index contributed by atoms with van der Waals surface area (Å²) in [5.41, 5.74) is 1.04. The molecule has 1 heterocycles. The number of carbonyl (C=O) groups excluding carboxylic acids is 1. The molecule has 0 saturated heterocycles. The average Bonchev–Trinajstić information content (AvgIpc) is 3.25. The molecule has 5 rings (SSSR count). The summed E-state index contributed by atoms with van der Waals surface area (Å²) >= 11 is 7.61. The number of hydrogen-bond acceptors (Lipinski definition) is 4. The van der Waals surface area contributed by atoms with Gasteiger partial charge in [0, 0.05) is 26.4 Å². The Morgan fingerprint density at radius 1 is 0.941 bits per heavy atom. The minimum atomic E-state index is -4.32. The quantitative estimate of drug-likeness (QED) is 0.245. The minimum Gasteiger partial charge on any atom is -0.323 e. The highest BCUT2D eigenvalue weighted by molar-refractivity contribution is 7.61. The molecule has 2 unspecified atom stereocenters. The SMILES string of the molecule is O=C(Nc1ccc2ccccc2c1)C(OP(=O)(O)c1ccccc1)c1csc2ccc(Cl)cc12. The minimum absolute atomic E-state index is 0.107. The van der Waals surface area contributed by atoms with E-state index in [4.69, 9.17) is 16.1 Å². The average molecular weight is 508 g/mol. The number of benzene rings is 4. The Balaban J connectivity index is 1.54. The van der Waals surface area contributed by atoms with Gasteiger partial charge >= 0.3 is 7.60 Å². The first-order valence-corrected chi connectivity index (χ1v) is 13.3. The van der Waals surface area contributed by atoms with Crippen LogP contribution in [-0.2, 0) is 13.9 Å². The summed E-state index contributed by atoms with van der Waals surface area (Å²) in [6, 6.07) is 26.7. The zero-order chi connectivity index (χ0) is 23.7. The third-order valence-corrected chi connectivity index (χ3v) is 8.10. The topological polar surface area (TPSA) is 75.6 Å². The zero-order valence-corrected chi connectivity index (χ0v) is 20.2. The van der Waals surface area contributed by atoms with E-state index in [9.17, 15) is 14.3 Å².